The Kier molecular flexibility index (Phi) is 4.41. The molecule has 7 nitrogen and oxygen atoms in total. The Bertz CT molecular complexity index is 889. The Morgan fingerprint density at radius 2 is 2.04 bits per heavy atom. The van der Waals surface area contributed by atoms with Gasteiger partial charge >= 0.3 is 5.97 Å². The van der Waals surface area contributed by atoms with Gasteiger partial charge in [0.15, 0.2) is 11.3 Å². The molecule has 0 N–H and O–H groups in total. The van der Waals surface area contributed by atoms with Crippen LogP contribution in [0.3, 0.4) is 0 Å². The number of imidazole rings is 1. The number of aromatic nitrogens is 4. The lowest BCUT2D eigenvalue weighted by Crippen LogP contribution is -2.07. The van der Waals surface area contributed by atoms with E-state index in [9.17, 15) is 4.79 Å². The summed E-state index contributed by atoms with van der Waals surface area (Å²) < 4.78 is 12.0. The normalized spacial score (nSPS) is 10.8. The Morgan fingerprint density at radius 1 is 1.21 bits per heavy atom. The average Bonchev–Trinajstić information content (AvgIpc) is 3.05. The molecule has 0 saturated carbocycles. The predicted octanol–water partition coefficient (Wildman–Crippen LogP) is 2.54. The zero-order valence-electron chi connectivity index (χ0n) is 13.8. The van der Waals surface area contributed by atoms with Gasteiger partial charge in [-0.25, -0.2) is 19.7 Å². The molecule has 3 rings (SSSR count). The number of aryl methyl sites for hydroxylation is 1. The van der Waals surface area contributed by atoms with Crippen LogP contribution in [0.1, 0.15) is 30.0 Å². The zero-order valence-corrected chi connectivity index (χ0v) is 13.8. The number of pyridine rings is 1. The molecular weight excluding hydrogens is 308 g/mol. The maximum absolute atomic E-state index is 12.1. The van der Waals surface area contributed by atoms with Crippen molar-refractivity contribution < 1.29 is 14.3 Å². The fourth-order valence-corrected chi connectivity index (χ4v) is 2.45. The van der Waals surface area contributed by atoms with Gasteiger partial charge in [-0.1, -0.05) is 13.0 Å². The zero-order chi connectivity index (χ0) is 17.1. The van der Waals surface area contributed by atoms with Crippen molar-refractivity contribution in [1.29, 1.82) is 0 Å². The van der Waals surface area contributed by atoms with Gasteiger partial charge in [-0.15, -0.1) is 0 Å². The molecule has 0 aliphatic carbocycles. The van der Waals surface area contributed by atoms with Gasteiger partial charge in [0.05, 0.1) is 25.1 Å². The number of methoxy groups -OCH3 is 1. The van der Waals surface area contributed by atoms with Crippen LogP contribution in [-0.2, 0) is 11.2 Å². The summed E-state index contributed by atoms with van der Waals surface area (Å²) >= 11 is 0. The van der Waals surface area contributed by atoms with Crippen molar-refractivity contribution in [3.8, 4) is 17.3 Å². The molecular formula is C17H18N4O3. The highest BCUT2D eigenvalue weighted by atomic mass is 16.5. The number of rotatable bonds is 5. The monoisotopic (exact) mass is 326 g/mol. The van der Waals surface area contributed by atoms with E-state index in [1.165, 1.54) is 0 Å². The van der Waals surface area contributed by atoms with Gasteiger partial charge in [-0.2, -0.15) is 0 Å². The standard InChI is InChI=1S/C17H18N4O3/c1-4-11-9-13(12-7-6-8-14(19-12)23-3)20-16-15(17(22)24-5-2)18-10-21(11)16/h6-10H,4-5H2,1-3H3. The number of carbonyl (C=O) groups is 1. The summed E-state index contributed by atoms with van der Waals surface area (Å²) in [6.07, 6.45) is 2.35. The number of hydrogen-bond acceptors (Lipinski definition) is 6. The minimum absolute atomic E-state index is 0.205. The summed E-state index contributed by atoms with van der Waals surface area (Å²) in [5.41, 5.74) is 2.97. The van der Waals surface area contributed by atoms with Gasteiger partial charge in [0.25, 0.3) is 0 Å². The molecule has 0 aromatic carbocycles. The van der Waals surface area contributed by atoms with Gasteiger partial charge in [0, 0.05) is 11.8 Å². The second kappa shape index (κ2) is 6.66. The van der Waals surface area contributed by atoms with E-state index in [2.05, 4.69) is 15.0 Å². The third kappa shape index (κ3) is 2.80. The summed E-state index contributed by atoms with van der Waals surface area (Å²) in [7, 11) is 1.57. The molecule has 7 heteroatoms. The molecule has 3 aromatic heterocycles. The summed E-state index contributed by atoms with van der Waals surface area (Å²) in [4.78, 5) is 25.2. The lowest BCUT2D eigenvalue weighted by atomic mass is 10.2. The number of esters is 1. The highest BCUT2D eigenvalue weighted by Crippen LogP contribution is 2.22. The third-order valence-corrected chi connectivity index (χ3v) is 3.61. The van der Waals surface area contributed by atoms with Crippen molar-refractivity contribution in [3.05, 3.63) is 42.0 Å². The van der Waals surface area contributed by atoms with Crippen molar-refractivity contribution in [2.45, 2.75) is 20.3 Å². The van der Waals surface area contributed by atoms with E-state index in [1.807, 2.05) is 25.1 Å². The van der Waals surface area contributed by atoms with Crippen LogP contribution in [0.4, 0.5) is 0 Å². The van der Waals surface area contributed by atoms with Crippen LogP contribution in [0, 0.1) is 0 Å². The Balaban J connectivity index is 2.18. The number of carbonyl (C=O) groups excluding carboxylic acids is 1. The van der Waals surface area contributed by atoms with Gasteiger partial charge in [0.1, 0.15) is 6.33 Å². The van der Waals surface area contributed by atoms with Crippen molar-refractivity contribution >= 4 is 11.6 Å². The maximum Gasteiger partial charge on any atom is 0.360 e. The fraction of sp³-hybridized carbons (Fsp3) is 0.294. The minimum atomic E-state index is -0.481. The summed E-state index contributed by atoms with van der Waals surface area (Å²) in [5, 5.41) is 0. The lowest BCUT2D eigenvalue weighted by molar-refractivity contribution is 0.0522. The van der Waals surface area contributed by atoms with E-state index in [0.29, 0.717) is 22.9 Å². The predicted molar refractivity (Wildman–Crippen MR) is 88.1 cm³/mol. The number of nitrogens with zero attached hydrogens (tertiary/aromatic N) is 4. The molecule has 24 heavy (non-hydrogen) atoms. The van der Waals surface area contributed by atoms with Gasteiger partial charge in [-0.3, -0.25) is 4.40 Å². The van der Waals surface area contributed by atoms with Crippen LogP contribution in [0.15, 0.2) is 30.6 Å². The molecule has 0 aliphatic rings. The van der Waals surface area contributed by atoms with E-state index in [4.69, 9.17) is 9.47 Å². The van der Waals surface area contributed by atoms with Crippen molar-refractivity contribution in [2.24, 2.45) is 0 Å². The van der Waals surface area contributed by atoms with Crippen LogP contribution < -0.4 is 4.74 Å². The largest absolute Gasteiger partial charge is 0.481 e. The maximum atomic E-state index is 12.1. The Morgan fingerprint density at radius 3 is 2.75 bits per heavy atom. The summed E-state index contributed by atoms with van der Waals surface area (Å²) in [5.74, 6) is 0.0247. The van der Waals surface area contributed by atoms with Crippen molar-refractivity contribution in [1.82, 2.24) is 19.4 Å². The van der Waals surface area contributed by atoms with E-state index in [0.717, 1.165) is 12.1 Å². The topological polar surface area (TPSA) is 78.6 Å². The molecule has 0 aliphatic heterocycles. The first-order valence-corrected chi connectivity index (χ1v) is 7.73. The Hall–Kier alpha value is -2.96. The molecule has 3 aromatic rings. The van der Waals surface area contributed by atoms with Gasteiger partial charge < -0.3 is 9.47 Å². The van der Waals surface area contributed by atoms with Crippen LogP contribution in [0.25, 0.3) is 17.0 Å². The molecule has 0 atom stereocenters. The van der Waals surface area contributed by atoms with E-state index < -0.39 is 5.97 Å². The van der Waals surface area contributed by atoms with Crippen LogP contribution >= 0.6 is 0 Å². The number of hydrogen-bond donors (Lipinski definition) is 0. The number of ether oxygens (including phenoxy) is 2. The molecule has 0 saturated heterocycles. The quantitative estimate of drug-likeness (QED) is 0.670. The molecule has 0 radical (unpaired) electrons. The third-order valence-electron chi connectivity index (χ3n) is 3.61. The van der Waals surface area contributed by atoms with E-state index in [-0.39, 0.29) is 12.3 Å². The first kappa shape index (κ1) is 15.9. The van der Waals surface area contributed by atoms with Crippen molar-refractivity contribution in [2.75, 3.05) is 13.7 Å². The molecule has 3 heterocycles. The second-order valence-corrected chi connectivity index (χ2v) is 5.06. The smallest absolute Gasteiger partial charge is 0.360 e. The summed E-state index contributed by atoms with van der Waals surface area (Å²) in [6.45, 7) is 4.07. The number of fused-ring (bicyclic) bond motifs is 1. The first-order valence-electron chi connectivity index (χ1n) is 7.73. The Labute approximate surface area is 139 Å². The van der Waals surface area contributed by atoms with Crippen LogP contribution in [0.2, 0.25) is 0 Å². The van der Waals surface area contributed by atoms with Gasteiger partial charge in [0.2, 0.25) is 5.88 Å². The summed E-state index contributed by atoms with van der Waals surface area (Å²) in [6, 6.07) is 7.40. The fourth-order valence-electron chi connectivity index (χ4n) is 2.45. The van der Waals surface area contributed by atoms with E-state index in [1.54, 1.807) is 30.8 Å². The minimum Gasteiger partial charge on any atom is -0.481 e. The van der Waals surface area contributed by atoms with E-state index >= 15 is 0 Å². The first-order chi connectivity index (χ1) is 11.7. The molecule has 0 unspecified atom stereocenters. The SMILES string of the molecule is CCOC(=O)c1ncn2c(CC)cc(-c3cccc(OC)n3)nc12. The molecule has 0 spiro atoms. The van der Waals surface area contributed by atoms with Crippen LogP contribution in [0.5, 0.6) is 5.88 Å². The molecule has 0 bridgehead atoms. The molecule has 0 amide bonds. The molecule has 124 valence electrons. The van der Waals surface area contributed by atoms with Gasteiger partial charge in [-0.05, 0) is 25.5 Å². The highest BCUT2D eigenvalue weighted by Gasteiger charge is 2.19. The molecule has 0 fully saturated rings. The van der Waals surface area contributed by atoms with Crippen molar-refractivity contribution in [3.63, 3.8) is 0 Å². The van der Waals surface area contributed by atoms with Crippen LogP contribution in [-0.4, -0.2) is 39.0 Å². The highest BCUT2D eigenvalue weighted by molar-refractivity contribution is 5.94. The second-order valence-electron chi connectivity index (χ2n) is 5.06. The lowest BCUT2D eigenvalue weighted by Gasteiger charge is -2.08. The average molecular weight is 326 g/mol.